The monoisotopic (exact) mass is 550 g/mol. The van der Waals surface area contributed by atoms with Crippen LogP contribution < -0.4 is 5.32 Å². The maximum Gasteiger partial charge on any atom is 0.395 e. The molecule has 0 saturated carbocycles. The summed E-state index contributed by atoms with van der Waals surface area (Å²) >= 11 is 0. The number of aromatic nitrogens is 1. The molecule has 5 nitrogen and oxygen atoms in total. The zero-order chi connectivity index (χ0) is 27.9. The summed E-state index contributed by atoms with van der Waals surface area (Å²) in [6.45, 7) is 4.76. The number of anilines is 1. The molecule has 0 bridgehead atoms. The maximum atomic E-state index is 15.8. The highest BCUT2D eigenvalue weighted by molar-refractivity contribution is 5.85. The van der Waals surface area contributed by atoms with Gasteiger partial charge >= 0.3 is 6.18 Å². The van der Waals surface area contributed by atoms with E-state index in [-0.39, 0.29) is 11.6 Å². The minimum atomic E-state index is -4.65. The smallest absolute Gasteiger partial charge is 0.395 e. The van der Waals surface area contributed by atoms with Gasteiger partial charge in [-0.2, -0.15) is 13.2 Å². The summed E-state index contributed by atoms with van der Waals surface area (Å²) in [6.07, 6.45) is -2.05. The average molecular weight is 551 g/mol. The minimum absolute atomic E-state index is 0.0788. The number of para-hydroxylation sites is 1. The van der Waals surface area contributed by atoms with Crippen molar-refractivity contribution in [3.05, 3.63) is 64.9 Å². The van der Waals surface area contributed by atoms with Gasteiger partial charge in [-0.1, -0.05) is 31.5 Å². The number of H-pyrrole nitrogens is 1. The first-order chi connectivity index (χ1) is 18.6. The molecule has 3 aromatic rings. The highest BCUT2D eigenvalue weighted by Crippen LogP contribution is 2.44. The van der Waals surface area contributed by atoms with Gasteiger partial charge in [0.05, 0.1) is 24.6 Å². The second-order valence-electron chi connectivity index (χ2n) is 10.9. The molecule has 2 aliphatic rings. The summed E-state index contributed by atoms with van der Waals surface area (Å²) in [4.78, 5) is 6.99. The molecule has 1 saturated heterocycles. The Kier molecular flexibility index (Phi) is 7.90. The van der Waals surface area contributed by atoms with E-state index in [0.717, 1.165) is 48.9 Å². The van der Waals surface area contributed by atoms with Gasteiger partial charge in [0.2, 0.25) is 0 Å². The van der Waals surface area contributed by atoms with Crippen LogP contribution in [0.5, 0.6) is 0 Å². The van der Waals surface area contributed by atoms with E-state index in [4.69, 9.17) is 0 Å². The molecule has 0 radical (unpaired) electrons. The molecule has 0 spiro atoms. The molecular formula is C29H35F5N4O. The van der Waals surface area contributed by atoms with Gasteiger partial charge < -0.3 is 15.4 Å². The summed E-state index contributed by atoms with van der Waals surface area (Å²) in [6, 6.07) is 8.41. The van der Waals surface area contributed by atoms with Crippen molar-refractivity contribution >= 4 is 16.6 Å². The van der Waals surface area contributed by atoms with Crippen LogP contribution in [0.1, 0.15) is 49.6 Å². The molecule has 0 aliphatic carbocycles. The maximum absolute atomic E-state index is 15.8. The summed E-state index contributed by atoms with van der Waals surface area (Å²) in [7, 11) is 0. The van der Waals surface area contributed by atoms with Crippen molar-refractivity contribution in [1.82, 2.24) is 14.8 Å². The van der Waals surface area contributed by atoms with Crippen LogP contribution in [-0.4, -0.2) is 70.9 Å². The lowest BCUT2D eigenvalue weighted by Gasteiger charge is -2.43. The quantitative estimate of drug-likeness (QED) is 0.293. The molecule has 5 rings (SSSR count). The predicted molar refractivity (Wildman–Crippen MR) is 142 cm³/mol. The van der Waals surface area contributed by atoms with Crippen molar-refractivity contribution in [2.24, 2.45) is 5.92 Å². The Bertz CT molecular complexity index is 1280. The number of benzene rings is 2. The largest absolute Gasteiger partial charge is 0.396 e. The number of unbranched alkanes of at least 4 members (excludes halogenated alkanes) is 1. The molecule has 3 N–H and O–H groups in total. The second-order valence-corrected chi connectivity index (χ2v) is 10.9. The number of halogens is 5. The van der Waals surface area contributed by atoms with Gasteiger partial charge in [-0.05, 0) is 50.1 Å². The topological polar surface area (TPSA) is 54.5 Å². The number of aromatic amines is 1. The van der Waals surface area contributed by atoms with Crippen LogP contribution in [0.15, 0.2) is 36.4 Å². The van der Waals surface area contributed by atoms with E-state index in [2.05, 4.69) is 22.1 Å². The van der Waals surface area contributed by atoms with Crippen LogP contribution in [0.3, 0.4) is 0 Å². The number of hydrogen-bond donors (Lipinski definition) is 3. The highest BCUT2D eigenvalue weighted by atomic mass is 19.4. The molecule has 1 fully saturated rings. The van der Waals surface area contributed by atoms with Crippen molar-refractivity contribution in [3.63, 3.8) is 0 Å². The van der Waals surface area contributed by atoms with Gasteiger partial charge in [0.1, 0.15) is 11.6 Å². The highest BCUT2D eigenvalue weighted by Gasteiger charge is 2.45. The van der Waals surface area contributed by atoms with Gasteiger partial charge in [0.15, 0.2) is 0 Å². The minimum Gasteiger partial charge on any atom is -0.396 e. The van der Waals surface area contributed by atoms with Crippen molar-refractivity contribution in [2.75, 3.05) is 38.1 Å². The molecule has 3 atom stereocenters. The first-order valence-corrected chi connectivity index (χ1v) is 13.6. The predicted octanol–water partition coefficient (Wildman–Crippen LogP) is 5.85. The zero-order valence-electron chi connectivity index (χ0n) is 22.2. The van der Waals surface area contributed by atoms with E-state index in [0.29, 0.717) is 17.8 Å². The fourth-order valence-electron chi connectivity index (χ4n) is 6.01. The standard InChI is InChI=1S/C29H35F5N4O/c1-3-4-9-37-14-20(15-37)35-19-11-23(30)26(24(31)12-19)28-27-22(21-7-5-6-8-25(21)36-27)10-17(2)38(28)13-18(16-39)29(32,33)34/h5-8,11-12,17-18,20,28,35-36,39H,3-4,9-10,13-16H2,1-2H3. The van der Waals surface area contributed by atoms with Crippen molar-refractivity contribution < 1.29 is 27.1 Å². The SMILES string of the molecule is CCCCN1CC(Nc2cc(F)c(C3c4[nH]c5ccccc5c4CC(C)N3CC(CO)C(F)(F)F)c(F)c2)C1. The Morgan fingerprint density at radius 1 is 1.13 bits per heavy atom. The van der Waals surface area contributed by atoms with Crippen LogP contribution in [0.4, 0.5) is 27.6 Å². The first-order valence-electron chi connectivity index (χ1n) is 13.6. The Labute approximate surface area is 225 Å². The van der Waals surface area contributed by atoms with Crippen molar-refractivity contribution in [2.45, 2.75) is 57.4 Å². The molecule has 3 unspecified atom stereocenters. The van der Waals surface area contributed by atoms with Gasteiger partial charge in [-0.25, -0.2) is 8.78 Å². The lowest BCUT2D eigenvalue weighted by Crippen LogP contribution is -2.54. The average Bonchev–Trinajstić information content (AvgIpc) is 3.21. The normalized spacial score (nSPS) is 21.6. The lowest BCUT2D eigenvalue weighted by molar-refractivity contribution is -0.191. The van der Waals surface area contributed by atoms with Crippen LogP contribution in [0.2, 0.25) is 0 Å². The molecule has 0 amide bonds. The van der Waals surface area contributed by atoms with E-state index in [1.165, 1.54) is 17.0 Å². The van der Waals surface area contributed by atoms with E-state index >= 15 is 8.78 Å². The fraction of sp³-hybridized carbons (Fsp3) is 0.517. The molecule has 3 heterocycles. The second kappa shape index (κ2) is 11.1. The van der Waals surface area contributed by atoms with Crippen LogP contribution in [0.25, 0.3) is 10.9 Å². The van der Waals surface area contributed by atoms with E-state index in [1.807, 2.05) is 24.3 Å². The molecule has 212 valence electrons. The summed E-state index contributed by atoms with van der Waals surface area (Å²) in [5, 5.41) is 13.6. The van der Waals surface area contributed by atoms with E-state index < -0.39 is 49.0 Å². The third-order valence-electron chi connectivity index (χ3n) is 8.14. The van der Waals surface area contributed by atoms with Crippen molar-refractivity contribution in [3.8, 4) is 0 Å². The number of aliphatic hydroxyl groups is 1. The number of rotatable bonds is 9. The molecular weight excluding hydrogens is 515 g/mol. The number of fused-ring (bicyclic) bond motifs is 3. The molecule has 1 aromatic heterocycles. The Hall–Kier alpha value is -2.69. The Balaban J connectivity index is 1.51. The fourth-order valence-corrected chi connectivity index (χ4v) is 6.01. The molecule has 39 heavy (non-hydrogen) atoms. The number of aliphatic hydroxyl groups excluding tert-OH is 1. The van der Waals surface area contributed by atoms with Gasteiger partial charge in [-0.15, -0.1) is 0 Å². The summed E-state index contributed by atoms with van der Waals surface area (Å²) < 4.78 is 72.8. The molecule has 2 aromatic carbocycles. The number of nitrogens with zero attached hydrogens (tertiary/aromatic N) is 2. The number of nitrogens with one attached hydrogen (secondary N) is 2. The third-order valence-corrected chi connectivity index (χ3v) is 8.14. The first kappa shape index (κ1) is 27.9. The Morgan fingerprint density at radius 2 is 1.82 bits per heavy atom. The molecule has 2 aliphatic heterocycles. The van der Waals surface area contributed by atoms with Crippen LogP contribution in [-0.2, 0) is 6.42 Å². The lowest BCUT2D eigenvalue weighted by atomic mass is 9.87. The Morgan fingerprint density at radius 3 is 2.46 bits per heavy atom. The third kappa shape index (κ3) is 5.51. The van der Waals surface area contributed by atoms with E-state index in [9.17, 15) is 18.3 Å². The van der Waals surface area contributed by atoms with Gasteiger partial charge in [0, 0.05) is 53.5 Å². The molecule has 10 heteroatoms. The van der Waals surface area contributed by atoms with E-state index in [1.54, 1.807) is 6.92 Å². The van der Waals surface area contributed by atoms with Crippen molar-refractivity contribution in [1.29, 1.82) is 0 Å². The van der Waals surface area contributed by atoms with Gasteiger partial charge in [-0.3, -0.25) is 9.80 Å². The summed E-state index contributed by atoms with van der Waals surface area (Å²) in [5.74, 6) is -3.68. The van der Waals surface area contributed by atoms with Gasteiger partial charge in [0.25, 0.3) is 0 Å². The number of alkyl halides is 3. The zero-order valence-corrected chi connectivity index (χ0v) is 22.2. The number of hydrogen-bond acceptors (Lipinski definition) is 4. The van der Waals surface area contributed by atoms with Crippen LogP contribution >= 0.6 is 0 Å². The summed E-state index contributed by atoms with van der Waals surface area (Å²) in [5.41, 5.74) is 2.10. The number of likely N-dealkylation sites (tertiary alicyclic amines) is 1. The van der Waals surface area contributed by atoms with Crippen LogP contribution in [0, 0.1) is 17.6 Å².